The van der Waals surface area contributed by atoms with Crippen molar-refractivity contribution in [2.75, 3.05) is 19.6 Å². The van der Waals surface area contributed by atoms with Crippen LogP contribution < -0.4 is 21.9 Å². The normalized spacial score (nSPS) is 28.2. The number of rotatable bonds is 5. The van der Waals surface area contributed by atoms with Crippen LogP contribution in [0.4, 0.5) is 4.39 Å². The van der Waals surface area contributed by atoms with Crippen LogP contribution in [-0.4, -0.2) is 42.6 Å². The summed E-state index contributed by atoms with van der Waals surface area (Å²) in [6, 6.07) is 6.63. The Kier molecular flexibility index (Phi) is 5.22. The molecule has 1 aromatic carbocycles. The number of nitrogens with two attached hydrogens (primary N) is 1. The first kappa shape index (κ1) is 16.3. The number of hydrogen-bond donors (Lipinski definition) is 4. The van der Waals surface area contributed by atoms with E-state index in [9.17, 15) is 9.18 Å². The molecule has 2 heterocycles. The molecule has 2 aliphatic heterocycles. The summed E-state index contributed by atoms with van der Waals surface area (Å²) in [5, 5.41) is 2.99. The number of nitrogens with zero attached hydrogens (tertiary/aromatic N) is 1. The lowest BCUT2D eigenvalue weighted by Gasteiger charge is -2.17. The molecule has 0 spiro atoms. The van der Waals surface area contributed by atoms with Gasteiger partial charge in [0.25, 0.3) is 0 Å². The zero-order chi connectivity index (χ0) is 16.2. The highest BCUT2D eigenvalue weighted by Crippen LogP contribution is 2.19. The lowest BCUT2D eigenvalue weighted by molar-refractivity contribution is -0.123. The number of hydrogen-bond acceptors (Lipinski definition) is 5. The summed E-state index contributed by atoms with van der Waals surface area (Å²) in [6.07, 6.45) is 1.44. The van der Waals surface area contributed by atoms with Gasteiger partial charge < -0.3 is 11.1 Å². The van der Waals surface area contributed by atoms with E-state index in [4.69, 9.17) is 5.73 Å². The minimum absolute atomic E-state index is 0.0157. The number of nitrogens with one attached hydrogen (secondary N) is 3. The molecule has 7 heteroatoms. The van der Waals surface area contributed by atoms with Crippen molar-refractivity contribution in [2.45, 2.75) is 31.6 Å². The van der Waals surface area contributed by atoms with Crippen LogP contribution in [0.2, 0.25) is 0 Å². The van der Waals surface area contributed by atoms with Gasteiger partial charge in [0.05, 0.1) is 6.17 Å². The van der Waals surface area contributed by atoms with Crippen LogP contribution in [0.5, 0.6) is 0 Å². The second kappa shape index (κ2) is 7.35. The van der Waals surface area contributed by atoms with Gasteiger partial charge in [-0.25, -0.2) is 15.2 Å². The summed E-state index contributed by atoms with van der Waals surface area (Å²) in [5.74, 6) is 0.243. The molecule has 0 aromatic heterocycles. The fourth-order valence-corrected chi connectivity index (χ4v) is 3.21. The van der Waals surface area contributed by atoms with E-state index in [-0.39, 0.29) is 23.9 Å². The van der Waals surface area contributed by atoms with Crippen molar-refractivity contribution < 1.29 is 9.18 Å². The summed E-state index contributed by atoms with van der Waals surface area (Å²) in [6.45, 7) is 3.09. The van der Waals surface area contributed by atoms with Crippen molar-refractivity contribution in [3.63, 3.8) is 0 Å². The molecule has 23 heavy (non-hydrogen) atoms. The molecule has 6 nitrogen and oxygen atoms in total. The van der Waals surface area contributed by atoms with Crippen LogP contribution in [0.3, 0.4) is 0 Å². The van der Waals surface area contributed by atoms with E-state index in [1.54, 1.807) is 6.07 Å². The van der Waals surface area contributed by atoms with E-state index in [0.717, 1.165) is 25.1 Å². The summed E-state index contributed by atoms with van der Waals surface area (Å²) in [4.78, 5) is 14.3. The highest BCUT2D eigenvalue weighted by atomic mass is 19.1. The Labute approximate surface area is 135 Å². The largest absolute Gasteiger partial charge is 0.354 e. The fourth-order valence-electron chi connectivity index (χ4n) is 3.21. The Morgan fingerprint density at radius 2 is 2.22 bits per heavy atom. The first-order chi connectivity index (χ1) is 11.1. The van der Waals surface area contributed by atoms with Crippen LogP contribution in [0.1, 0.15) is 18.4 Å². The van der Waals surface area contributed by atoms with E-state index in [1.165, 1.54) is 6.07 Å². The molecular weight excluding hydrogens is 297 g/mol. The smallest absolute Gasteiger partial charge is 0.238 e. The van der Waals surface area contributed by atoms with Gasteiger partial charge in [-0.1, -0.05) is 18.2 Å². The number of carbonyl (C=O) groups is 1. The minimum Gasteiger partial charge on any atom is -0.354 e. The predicted molar refractivity (Wildman–Crippen MR) is 85.4 cm³/mol. The molecule has 3 atom stereocenters. The summed E-state index contributed by atoms with van der Waals surface area (Å²) < 4.78 is 13.7. The van der Waals surface area contributed by atoms with Gasteiger partial charge in [-0.2, -0.15) is 0 Å². The molecule has 2 aliphatic rings. The van der Waals surface area contributed by atoms with Gasteiger partial charge in [0.2, 0.25) is 5.91 Å². The first-order valence-corrected chi connectivity index (χ1v) is 8.12. The van der Waals surface area contributed by atoms with E-state index >= 15 is 0 Å². The second-order valence-corrected chi connectivity index (χ2v) is 6.41. The first-order valence-electron chi connectivity index (χ1n) is 8.12. The third kappa shape index (κ3) is 4.26. The van der Waals surface area contributed by atoms with E-state index in [2.05, 4.69) is 21.1 Å². The summed E-state index contributed by atoms with van der Waals surface area (Å²) >= 11 is 0. The Balaban J connectivity index is 1.41. The third-order valence-corrected chi connectivity index (χ3v) is 4.54. The van der Waals surface area contributed by atoms with Crippen molar-refractivity contribution in [3.8, 4) is 0 Å². The summed E-state index contributed by atoms with van der Waals surface area (Å²) in [7, 11) is 0. The van der Waals surface area contributed by atoms with E-state index in [0.29, 0.717) is 25.4 Å². The number of likely N-dealkylation sites (tertiary alicyclic amines) is 1. The Morgan fingerprint density at radius 3 is 2.96 bits per heavy atom. The van der Waals surface area contributed by atoms with Crippen molar-refractivity contribution in [1.29, 1.82) is 0 Å². The molecule has 3 unspecified atom stereocenters. The molecule has 5 N–H and O–H groups in total. The minimum atomic E-state index is -0.263. The number of amides is 1. The van der Waals surface area contributed by atoms with Crippen LogP contribution in [0, 0.1) is 11.7 Å². The highest BCUT2D eigenvalue weighted by molar-refractivity contribution is 5.82. The fraction of sp³-hybridized carbons (Fsp3) is 0.562. The van der Waals surface area contributed by atoms with Gasteiger partial charge in [0.15, 0.2) is 0 Å². The lowest BCUT2D eigenvalue weighted by atomic mass is 10.1. The van der Waals surface area contributed by atoms with Crippen LogP contribution in [0.25, 0.3) is 0 Å². The zero-order valence-electron chi connectivity index (χ0n) is 13.1. The van der Waals surface area contributed by atoms with Crippen molar-refractivity contribution in [3.05, 3.63) is 35.6 Å². The highest BCUT2D eigenvalue weighted by Gasteiger charge is 2.28. The molecular formula is C16H24FN5O. The van der Waals surface area contributed by atoms with Gasteiger partial charge in [-0.15, -0.1) is 0 Å². The molecule has 126 valence electrons. The van der Waals surface area contributed by atoms with E-state index < -0.39 is 0 Å². The average molecular weight is 321 g/mol. The van der Waals surface area contributed by atoms with Gasteiger partial charge in [-0.05, 0) is 24.9 Å². The molecule has 1 amide bonds. The molecule has 0 aliphatic carbocycles. The number of hydrazine groups is 1. The van der Waals surface area contributed by atoms with E-state index in [1.807, 2.05) is 12.1 Å². The Morgan fingerprint density at radius 1 is 1.39 bits per heavy atom. The topological polar surface area (TPSA) is 82.4 Å². The molecule has 2 fully saturated rings. The molecule has 1 aromatic rings. The second-order valence-electron chi connectivity index (χ2n) is 6.41. The zero-order valence-corrected chi connectivity index (χ0v) is 13.1. The summed E-state index contributed by atoms with van der Waals surface area (Å²) in [5.41, 5.74) is 12.2. The molecule has 3 rings (SSSR count). The molecule has 0 radical (unpaired) electrons. The van der Waals surface area contributed by atoms with Crippen LogP contribution in [-0.2, 0) is 11.3 Å². The number of halogens is 1. The van der Waals surface area contributed by atoms with Crippen molar-refractivity contribution in [1.82, 2.24) is 21.1 Å². The Hall–Kier alpha value is -1.54. The molecule has 0 saturated carbocycles. The lowest BCUT2D eigenvalue weighted by Crippen LogP contribution is -2.45. The van der Waals surface area contributed by atoms with Crippen molar-refractivity contribution in [2.24, 2.45) is 11.7 Å². The quantitative estimate of drug-likeness (QED) is 0.610. The monoisotopic (exact) mass is 321 g/mol. The SMILES string of the molecule is NC1CC(C(=O)NCC2CCN(Cc3ccccc3F)C2)NN1. The number of carbonyl (C=O) groups excluding carboxylic acids is 1. The molecule has 0 bridgehead atoms. The maximum absolute atomic E-state index is 13.7. The Bertz CT molecular complexity index is 555. The van der Waals surface area contributed by atoms with Crippen LogP contribution in [0.15, 0.2) is 24.3 Å². The van der Waals surface area contributed by atoms with Gasteiger partial charge in [0.1, 0.15) is 11.9 Å². The maximum atomic E-state index is 13.7. The van der Waals surface area contributed by atoms with Gasteiger partial charge >= 0.3 is 0 Å². The predicted octanol–water partition coefficient (Wildman–Crippen LogP) is -0.0849. The van der Waals surface area contributed by atoms with Gasteiger partial charge in [-0.3, -0.25) is 9.69 Å². The average Bonchev–Trinajstić information content (AvgIpc) is 3.16. The molecule has 2 saturated heterocycles. The van der Waals surface area contributed by atoms with Gasteiger partial charge in [0, 0.05) is 31.6 Å². The van der Waals surface area contributed by atoms with Crippen LogP contribution >= 0.6 is 0 Å². The maximum Gasteiger partial charge on any atom is 0.238 e. The van der Waals surface area contributed by atoms with Crippen molar-refractivity contribution >= 4 is 5.91 Å². The number of benzene rings is 1. The standard InChI is InChI=1S/C16H24FN5O/c17-13-4-2-1-3-12(13)10-22-6-5-11(9-22)8-19-16(23)14-7-15(18)21-20-14/h1-4,11,14-15,20-21H,5-10,18H2,(H,19,23). The third-order valence-electron chi connectivity index (χ3n) is 4.54.